The lowest BCUT2D eigenvalue weighted by Crippen LogP contribution is -2.19. The summed E-state index contributed by atoms with van der Waals surface area (Å²) >= 11 is 6.11. The molecule has 2 rings (SSSR count). The van der Waals surface area contributed by atoms with E-state index < -0.39 is 0 Å². The van der Waals surface area contributed by atoms with Crippen molar-refractivity contribution in [3.05, 3.63) is 22.7 Å². The third-order valence-electron chi connectivity index (χ3n) is 2.57. The quantitative estimate of drug-likeness (QED) is 0.772. The van der Waals surface area contributed by atoms with Gasteiger partial charge in [0, 0.05) is 19.2 Å². The molecule has 1 aliphatic rings. The van der Waals surface area contributed by atoms with Crippen LogP contribution in [0.5, 0.6) is 5.75 Å². The number of anilines is 1. The van der Waals surface area contributed by atoms with Gasteiger partial charge in [0.25, 0.3) is 0 Å². The standard InChI is InChI=1S/C10H13ClN2O/c1-13-5-7(12)9-8(14-2)4-3-6(11)10(9)13/h3-4,7H,5,12H2,1-2H3. The summed E-state index contributed by atoms with van der Waals surface area (Å²) in [6.07, 6.45) is 0. The van der Waals surface area contributed by atoms with Gasteiger partial charge >= 0.3 is 0 Å². The highest BCUT2D eigenvalue weighted by Crippen LogP contribution is 2.43. The van der Waals surface area contributed by atoms with Crippen molar-refractivity contribution in [1.29, 1.82) is 0 Å². The Morgan fingerprint density at radius 1 is 1.57 bits per heavy atom. The number of fused-ring (bicyclic) bond motifs is 1. The number of nitrogens with two attached hydrogens (primary N) is 1. The van der Waals surface area contributed by atoms with Crippen LogP contribution >= 0.6 is 11.6 Å². The topological polar surface area (TPSA) is 38.5 Å². The minimum Gasteiger partial charge on any atom is -0.496 e. The number of nitrogens with zero attached hydrogens (tertiary/aromatic N) is 1. The van der Waals surface area contributed by atoms with Gasteiger partial charge in [0.15, 0.2) is 0 Å². The van der Waals surface area contributed by atoms with Crippen LogP contribution in [0.25, 0.3) is 0 Å². The SMILES string of the molecule is COc1ccc(Cl)c2c1C(N)CN2C. The summed E-state index contributed by atoms with van der Waals surface area (Å²) in [5, 5.41) is 0.733. The molecule has 0 saturated carbocycles. The van der Waals surface area contributed by atoms with Crippen molar-refractivity contribution in [3.63, 3.8) is 0 Å². The minimum atomic E-state index is -0.0105. The van der Waals surface area contributed by atoms with Gasteiger partial charge in [-0.3, -0.25) is 0 Å². The van der Waals surface area contributed by atoms with Crippen molar-refractivity contribution in [2.45, 2.75) is 6.04 Å². The number of hydrogen-bond donors (Lipinski definition) is 1. The zero-order chi connectivity index (χ0) is 10.3. The smallest absolute Gasteiger partial charge is 0.125 e. The van der Waals surface area contributed by atoms with Crippen molar-refractivity contribution in [2.24, 2.45) is 5.73 Å². The largest absolute Gasteiger partial charge is 0.496 e. The third-order valence-corrected chi connectivity index (χ3v) is 2.88. The van der Waals surface area contributed by atoms with E-state index in [4.69, 9.17) is 22.1 Å². The van der Waals surface area contributed by atoms with Crippen molar-refractivity contribution < 1.29 is 4.74 Å². The van der Waals surface area contributed by atoms with E-state index in [-0.39, 0.29) is 6.04 Å². The fourth-order valence-corrected chi connectivity index (χ4v) is 2.27. The maximum absolute atomic E-state index is 6.11. The highest BCUT2D eigenvalue weighted by molar-refractivity contribution is 6.33. The lowest BCUT2D eigenvalue weighted by Gasteiger charge is -2.14. The number of likely N-dealkylation sites (N-methyl/N-ethyl adjacent to an activating group) is 1. The molecule has 1 heterocycles. The molecule has 3 nitrogen and oxygen atoms in total. The Bertz CT molecular complexity index is 367. The second-order valence-electron chi connectivity index (χ2n) is 3.50. The van der Waals surface area contributed by atoms with E-state index in [1.54, 1.807) is 7.11 Å². The van der Waals surface area contributed by atoms with E-state index in [1.165, 1.54) is 0 Å². The fourth-order valence-electron chi connectivity index (χ4n) is 1.96. The van der Waals surface area contributed by atoms with Gasteiger partial charge < -0.3 is 15.4 Å². The van der Waals surface area contributed by atoms with Crippen LogP contribution in [0.3, 0.4) is 0 Å². The molecule has 0 aromatic heterocycles. The van der Waals surface area contributed by atoms with E-state index in [2.05, 4.69) is 4.90 Å². The van der Waals surface area contributed by atoms with Crippen LogP contribution in [0.15, 0.2) is 12.1 Å². The first-order valence-electron chi connectivity index (χ1n) is 4.48. The van der Waals surface area contributed by atoms with E-state index in [0.29, 0.717) is 0 Å². The summed E-state index contributed by atoms with van der Waals surface area (Å²) in [7, 11) is 3.63. The summed E-state index contributed by atoms with van der Waals surface area (Å²) in [5.41, 5.74) is 8.02. The summed E-state index contributed by atoms with van der Waals surface area (Å²) in [5.74, 6) is 0.821. The van der Waals surface area contributed by atoms with Gasteiger partial charge in [-0.15, -0.1) is 0 Å². The molecule has 0 fully saturated rings. The van der Waals surface area contributed by atoms with Gasteiger partial charge in [-0.25, -0.2) is 0 Å². The Labute approximate surface area is 88.4 Å². The van der Waals surface area contributed by atoms with Gasteiger partial charge in [-0.1, -0.05) is 11.6 Å². The normalized spacial score (nSPS) is 19.7. The molecule has 0 saturated heterocycles. The van der Waals surface area contributed by atoms with Gasteiger partial charge in [0.05, 0.1) is 23.9 Å². The second kappa shape index (κ2) is 3.33. The fraction of sp³-hybridized carbons (Fsp3) is 0.400. The number of benzene rings is 1. The molecule has 76 valence electrons. The van der Waals surface area contributed by atoms with Gasteiger partial charge in [0.1, 0.15) is 5.75 Å². The number of halogens is 1. The summed E-state index contributed by atoms with van der Waals surface area (Å²) in [6.45, 7) is 0.787. The van der Waals surface area contributed by atoms with Crippen molar-refractivity contribution in [1.82, 2.24) is 0 Å². The van der Waals surface area contributed by atoms with E-state index in [0.717, 1.165) is 28.6 Å². The van der Waals surface area contributed by atoms with E-state index in [9.17, 15) is 0 Å². The van der Waals surface area contributed by atoms with Crippen LogP contribution in [0.1, 0.15) is 11.6 Å². The molecule has 0 amide bonds. The lowest BCUT2D eigenvalue weighted by molar-refractivity contribution is 0.408. The van der Waals surface area contributed by atoms with Crippen LogP contribution in [-0.2, 0) is 0 Å². The minimum absolute atomic E-state index is 0.0105. The van der Waals surface area contributed by atoms with Crippen molar-refractivity contribution in [2.75, 3.05) is 25.6 Å². The molecule has 0 radical (unpaired) electrons. The van der Waals surface area contributed by atoms with Gasteiger partial charge in [0.2, 0.25) is 0 Å². The van der Waals surface area contributed by atoms with Gasteiger partial charge in [-0.05, 0) is 12.1 Å². The average Bonchev–Trinajstić information content (AvgIpc) is 2.44. The molecule has 14 heavy (non-hydrogen) atoms. The molecule has 0 aliphatic carbocycles. The van der Waals surface area contributed by atoms with E-state index >= 15 is 0 Å². The molecule has 0 spiro atoms. The van der Waals surface area contributed by atoms with Crippen LogP contribution < -0.4 is 15.4 Å². The summed E-state index contributed by atoms with van der Waals surface area (Å²) in [4.78, 5) is 2.06. The first-order valence-corrected chi connectivity index (χ1v) is 4.86. The number of methoxy groups -OCH3 is 1. The molecular formula is C10H13ClN2O. The zero-order valence-corrected chi connectivity index (χ0v) is 9.01. The molecule has 1 atom stereocenters. The first-order chi connectivity index (χ1) is 6.65. The molecule has 1 aromatic carbocycles. The van der Waals surface area contributed by atoms with Crippen LogP contribution in [0, 0.1) is 0 Å². The molecule has 1 aliphatic heterocycles. The van der Waals surface area contributed by atoms with E-state index in [1.807, 2.05) is 19.2 Å². The lowest BCUT2D eigenvalue weighted by atomic mass is 10.1. The molecule has 4 heteroatoms. The first kappa shape index (κ1) is 9.62. The van der Waals surface area contributed by atoms with Crippen LogP contribution in [-0.4, -0.2) is 20.7 Å². The Balaban J connectivity index is 2.63. The summed E-state index contributed by atoms with van der Waals surface area (Å²) < 4.78 is 5.27. The Morgan fingerprint density at radius 3 is 2.93 bits per heavy atom. The Kier molecular flexibility index (Phi) is 2.29. The van der Waals surface area contributed by atoms with Crippen LogP contribution in [0.4, 0.5) is 5.69 Å². The third kappa shape index (κ3) is 1.24. The zero-order valence-electron chi connectivity index (χ0n) is 8.25. The Morgan fingerprint density at radius 2 is 2.29 bits per heavy atom. The number of rotatable bonds is 1. The number of ether oxygens (including phenoxy) is 1. The van der Waals surface area contributed by atoms with Crippen LogP contribution in [0.2, 0.25) is 5.02 Å². The summed E-state index contributed by atoms with van der Waals surface area (Å²) in [6, 6.07) is 3.69. The number of hydrogen-bond acceptors (Lipinski definition) is 3. The highest BCUT2D eigenvalue weighted by Gasteiger charge is 2.29. The molecular weight excluding hydrogens is 200 g/mol. The van der Waals surface area contributed by atoms with Gasteiger partial charge in [-0.2, -0.15) is 0 Å². The average molecular weight is 213 g/mol. The molecule has 0 bridgehead atoms. The molecule has 1 aromatic rings. The molecule has 2 N–H and O–H groups in total. The highest BCUT2D eigenvalue weighted by atomic mass is 35.5. The second-order valence-corrected chi connectivity index (χ2v) is 3.91. The maximum Gasteiger partial charge on any atom is 0.125 e. The molecule has 1 unspecified atom stereocenters. The van der Waals surface area contributed by atoms with Crippen molar-refractivity contribution in [3.8, 4) is 5.75 Å². The monoisotopic (exact) mass is 212 g/mol. The Hall–Kier alpha value is -0.930. The van der Waals surface area contributed by atoms with Crippen molar-refractivity contribution >= 4 is 17.3 Å². The predicted molar refractivity (Wildman–Crippen MR) is 58.2 cm³/mol. The predicted octanol–water partition coefficient (Wildman–Crippen LogP) is 1.80. The maximum atomic E-state index is 6.11.